The van der Waals surface area contributed by atoms with Crippen molar-refractivity contribution in [2.75, 3.05) is 14.2 Å². The molecule has 4 nitrogen and oxygen atoms in total. The molecule has 0 bridgehead atoms. The van der Waals surface area contributed by atoms with Crippen LogP contribution in [0.3, 0.4) is 0 Å². The van der Waals surface area contributed by atoms with Crippen molar-refractivity contribution < 1.29 is 14.3 Å². The van der Waals surface area contributed by atoms with Crippen molar-refractivity contribution in [3.05, 3.63) is 58.1 Å². The first-order valence-corrected chi connectivity index (χ1v) is 10.2. The highest BCUT2D eigenvalue weighted by molar-refractivity contribution is 9.10. The Morgan fingerprint density at radius 1 is 1.11 bits per heavy atom. The second-order valence-corrected chi connectivity index (χ2v) is 7.89. The zero-order valence-corrected chi connectivity index (χ0v) is 17.4. The van der Waals surface area contributed by atoms with Crippen LogP contribution in [0.2, 0.25) is 0 Å². The van der Waals surface area contributed by atoms with Crippen molar-refractivity contribution in [1.29, 1.82) is 0 Å². The molecule has 0 aromatic heterocycles. The summed E-state index contributed by atoms with van der Waals surface area (Å²) in [6, 6.07) is 14.2. The van der Waals surface area contributed by atoms with Crippen LogP contribution in [-0.2, 0) is 11.2 Å². The summed E-state index contributed by atoms with van der Waals surface area (Å²) in [4.78, 5) is 12.6. The lowest BCUT2D eigenvalue weighted by molar-refractivity contribution is -0.122. The lowest BCUT2D eigenvalue weighted by Crippen LogP contribution is -2.36. The van der Waals surface area contributed by atoms with Crippen LogP contribution < -0.4 is 14.8 Å². The second kappa shape index (κ2) is 9.27. The van der Waals surface area contributed by atoms with Gasteiger partial charge in [-0.15, -0.1) is 0 Å². The number of halogens is 1. The molecule has 1 aliphatic rings. The number of aryl methyl sites for hydroxylation is 1. The Morgan fingerprint density at radius 3 is 2.41 bits per heavy atom. The van der Waals surface area contributed by atoms with Gasteiger partial charge in [0.05, 0.1) is 20.3 Å². The highest BCUT2D eigenvalue weighted by Crippen LogP contribution is 2.38. The summed E-state index contributed by atoms with van der Waals surface area (Å²) < 4.78 is 11.7. The molecule has 1 unspecified atom stereocenters. The number of benzene rings is 2. The van der Waals surface area contributed by atoms with E-state index in [0.29, 0.717) is 30.3 Å². The van der Waals surface area contributed by atoms with E-state index in [0.717, 1.165) is 10.0 Å². The summed E-state index contributed by atoms with van der Waals surface area (Å²) in [6.07, 6.45) is 4.73. The summed E-state index contributed by atoms with van der Waals surface area (Å²) >= 11 is 3.48. The number of hydrogen-bond acceptors (Lipinski definition) is 3. The average molecular weight is 432 g/mol. The van der Waals surface area contributed by atoms with Crippen LogP contribution in [0.5, 0.6) is 11.5 Å². The van der Waals surface area contributed by atoms with E-state index in [-0.39, 0.29) is 11.9 Å². The SMILES string of the molecule is COc1ccc(CCC(=O)NC(c2ccc(Br)cc2)C2CCC2)cc1OC. The summed E-state index contributed by atoms with van der Waals surface area (Å²) in [5.74, 6) is 2.02. The minimum atomic E-state index is 0.0876. The summed E-state index contributed by atoms with van der Waals surface area (Å²) in [5.41, 5.74) is 2.24. The molecule has 1 N–H and O–H groups in total. The van der Waals surface area contributed by atoms with Gasteiger partial charge in [0, 0.05) is 10.9 Å². The first kappa shape index (κ1) is 19.7. The van der Waals surface area contributed by atoms with E-state index in [4.69, 9.17) is 9.47 Å². The Hall–Kier alpha value is -2.01. The Bertz CT molecular complexity index is 772. The van der Waals surface area contributed by atoms with Crippen molar-refractivity contribution in [3.63, 3.8) is 0 Å². The van der Waals surface area contributed by atoms with Crippen LogP contribution in [0.25, 0.3) is 0 Å². The predicted octanol–water partition coefficient (Wildman–Crippen LogP) is 5.06. The number of carbonyl (C=O) groups excluding carboxylic acids is 1. The third-order valence-electron chi connectivity index (χ3n) is 5.26. The molecule has 1 fully saturated rings. The predicted molar refractivity (Wildman–Crippen MR) is 110 cm³/mol. The molecule has 2 aromatic rings. The van der Waals surface area contributed by atoms with Crippen LogP contribution in [0.4, 0.5) is 0 Å². The van der Waals surface area contributed by atoms with Crippen LogP contribution in [0, 0.1) is 5.92 Å². The van der Waals surface area contributed by atoms with Crippen LogP contribution in [-0.4, -0.2) is 20.1 Å². The summed E-state index contributed by atoms with van der Waals surface area (Å²) in [6.45, 7) is 0. The van der Waals surface area contributed by atoms with Crippen molar-refractivity contribution in [2.45, 2.75) is 38.1 Å². The number of rotatable bonds is 8. The van der Waals surface area contributed by atoms with Crippen LogP contribution in [0.1, 0.15) is 42.9 Å². The topological polar surface area (TPSA) is 47.6 Å². The van der Waals surface area contributed by atoms with Gasteiger partial charge in [-0.25, -0.2) is 0 Å². The fourth-order valence-corrected chi connectivity index (χ4v) is 3.72. The van der Waals surface area contributed by atoms with E-state index in [9.17, 15) is 4.79 Å². The average Bonchev–Trinajstić information content (AvgIpc) is 2.64. The van der Waals surface area contributed by atoms with Gasteiger partial charge in [-0.05, 0) is 60.6 Å². The third-order valence-corrected chi connectivity index (χ3v) is 5.78. The molecular weight excluding hydrogens is 406 g/mol. The Kier molecular flexibility index (Phi) is 6.78. The Morgan fingerprint density at radius 2 is 1.81 bits per heavy atom. The fourth-order valence-electron chi connectivity index (χ4n) is 3.46. The molecule has 1 saturated carbocycles. The largest absolute Gasteiger partial charge is 0.493 e. The molecule has 1 amide bonds. The normalized spacial score (nSPS) is 14.9. The van der Waals surface area contributed by atoms with Crippen molar-refractivity contribution in [2.24, 2.45) is 5.92 Å². The van der Waals surface area contributed by atoms with Gasteiger partial charge in [0.25, 0.3) is 0 Å². The summed E-state index contributed by atoms with van der Waals surface area (Å²) in [7, 11) is 3.24. The van der Waals surface area contributed by atoms with Crippen molar-refractivity contribution in [1.82, 2.24) is 5.32 Å². The number of carbonyl (C=O) groups is 1. The molecule has 144 valence electrons. The molecule has 0 radical (unpaired) electrons. The monoisotopic (exact) mass is 431 g/mol. The molecule has 3 rings (SSSR count). The molecule has 1 aliphatic carbocycles. The zero-order chi connectivity index (χ0) is 19.2. The van der Waals surface area contributed by atoms with E-state index < -0.39 is 0 Å². The molecule has 2 aromatic carbocycles. The molecule has 0 saturated heterocycles. The first-order chi connectivity index (χ1) is 13.1. The van der Waals surface area contributed by atoms with E-state index in [1.807, 2.05) is 30.3 Å². The summed E-state index contributed by atoms with van der Waals surface area (Å²) in [5, 5.41) is 3.27. The molecule has 0 heterocycles. The van der Waals surface area contributed by atoms with Gasteiger partial charge >= 0.3 is 0 Å². The lowest BCUT2D eigenvalue weighted by atomic mass is 9.77. The van der Waals surface area contributed by atoms with E-state index in [1.54, 1.807) is 14.2 Å². The minimum absolute atomic E-state index is 0.0876. The molecule has 0 aliphatic heterocycles. The van der Waals surface area contributed by atoms with Crippen molar-refractivity contribution in [3.8, 4) is 11.5 Å². The third kappa shape index (κ3) is 5.04. The highest BCUT2D eigenvalue weighted by atomic mass is 79.9. The number of amides is 1. The number of methoxy groups -OCH3 is 2. The van der Waals surface area contributed by atoms with Crippen LogP contribution in [0.15, 0.2) is 46.9 Å². The number of hydrogen-bond donors (Lipinski definition) is 1. The van der Waals surface area contributed by atoms with Gasteiger partial charge in [0.1, 0.15) is 0 Å². The molecule has 0 spiro atoms. The molecule has 1 atom stereocenters. The van der Waals surface area contributed by atoms with E-state index in [1.165, 1.54) is 24.8 Å². The van der Waals surface area contributed by atoms with Gasteiger partial charge in [0.2, 0.25) is 5.91 Å². The maximum absolute atomic E-state index is 12.6. The van der Waals surface area contributed by atoms with Gasteiger partial charge in [-0.2, -0.15) is 0 Å². The minimum Gasteiger partial charge on any atom is -0.493 e. The van der Waals surface area contributed by atoms with Crippen LogP contribution >= 0.6 is 15.9 Å². The number of nitrogens with one attached hydrogen (secondary N) is 1. The highest BCUT2D eigenvalue weighted by Gasteiger charge is 2.29. The fraction of sp³-hybridized carbons (Fsp3) is 0.409. The maximum Gasteiger partial charge on any atom is 0.220 e. The zero-order valence-electron chi connectivity index (χ0n) is 15.8. The van der Waals surface area contributed by atoms with Gasteiger partial charge < -0.3 is 14.8 Å². The van der Waals surface area contributed by atoms with E-state index in [2.05, 4.69) is 33.4 Å². The van der Waals surface area contributed by atoms with Crippen molar-refractivity contribution >= 4 is 21.8 Å². The maximum atomic E-state index is 12.6. The molecule has 27 heavy (non-hydrogen) atoms. The Balaban J connectivity index is 1.62. The van der Waals surface area contributed by atoms with Gasteiger partial charge in [-0.1, -0.05) is 40.5 Å². The van der Waals surface area contributed by atoms with Gasteiger partial charge in [0.15, 0.2) is 11.5 Å². The lowest BCUT2D eigenvalue weighted by Gasteiger charge is -2.34. The first-order valence-electron chi connectivity index (χ1n) is 9.36. The molecule has 5 heteroatoms. The molecular formula is C22H26BrNO3. The number of ether oxygens (including phenoxy) is 2. The smallest absolute Gasteiger partial charge is 0.220 e. The second-order valence-electron chi connectivity index (χ2n) is 6.98. The quantitative estimate of drug-likeness (QED) is 0.635. The Labute approximate surface area is 169 Å². The van der Waals surface area contributed by atoms with E-state index >= 15 is 0 Å². The standard InChI is InChI=1S/C22H26BrNO3/c1-26-19-12-6-15(14-20(19)27-2)7-13-21(25)24-22(16-4-3-5-16)17-8-10-18(23)11-9-17/h6,8-12,14,16,22H,3-5,7,13H2,1-2H3,(H,24,25). The van der Waals surface area contributed by atoms with Gasteiger partial charge in [-0.3, -0.25) is 4.79 Å².